The minimum Gasteiger partial charge on any atom is -0.489 e. The summed E-state index contributed by atoms with van der Waals surface area (Å²) >= 11 is 1.66. The van der Waals surface area contributed by atoms with Crippen molar-refractivity contribution < 1.29 is 19.1 Å². The average Bonchev–Trinajstić information content (AvgIpc) is 2.69. The van der Waals surface area contributed by atoms with Crippen molar-refractivity contribution in [2.75, 3.05) is 25.2 Å². The van der Waals surface area contributed by atoms with E-state index in [1.165, 1.54) is 0 Å². The molecule has 1 heterocycles. The number of carbonyl (C=O) groups is 1. The molecule has 1 atom stereocenters. The van der Waals surface area contributed by atoms with Gasteiger partial charge in [-0.2, -0.15) is 11.8 Å². The lowest BCUT2D eigenvalue weighted by Gasteiger charge is -2.16. The Labute approximate surface area is 175 Å². The fourth-order valence-electron chi connectivity index (χ4n) is 2.97. The van der Waals surface area contributed by atoms with Crippen LogP contribution < -0.4 is 15.7 Å². The largest absolute Gasteiger partial charge is 0.489 e. The van der Waals surface area contributed by atoms with E-state index in [2.05, 4.69) is 11.9 Å². The Kier molecular flexibility index (Phi) is 8.79. The van der Waals surface area contributed by atoms with Gasteiger partial charge < -0.3 is 19.6 Å². The maximum atomic E-state index is 12.5. The highest BCUT2D eigenvalue weighted by Crippen LogP contribution is 2.25. The van der Waals surface area contributed by atoms with Crippen molar-refractivity contribution in [3.63, 3.8) is 0 Å². The van der Waals surface area contributed by atoms with E-state index >= 15 is 0 Å². The normalized spacial score (nSPS) is 12.0. The van der Waals surface area contributed by atoms with Crippen molar-refractivity contribution in [2.24, 2.45) is 0 Å². The lowest BCUT2D eigenvalue weighted by atomic mass is 10.0. The number of aliphatic hydroxyl groups excluding tert-OH is 1. The molecule has 6 nitrogen and oxygen atoms in total. The summed E-state index contributed by atoms with van der Waals surface area (Å²) < 4.78 is 11.1. The minimum absolute atomic E-state index is 0.0980. The fourth-order valence-corrected chi connectivity index (χ4v) is 3.49. The van der Waals surface area contributed by atoms with Gasteiger partial charge in [0.05, 0.1) is 12.6 Å². The number of fused-ring (bicyclic) bond motifs is 1. The van der Waals surface area contributed by atoms with Gasteiger partial charge >= 0.3 is 5.63 Å². The number of thioether (sulfide) groups is 1. The van der Waals surface area contributed by atoms with Crippen LogP contribution in [0.25, 0.3) is 11.0 Å². The van der Waals surface area contributed by atoms with Gasteiger partial charge in [-0.25, -0.2) is 4.79 Å². The molecule has 1 aromatic heterocycles. The lowest BCUT2D eigenvalue weighted by molar-refractivity contribution is -0.122. The van der Waals surface area contributed by atoms with Crippen LogP contribution in [0, 0.1) is 6.92 Å². The molecule has 0 bridgehead atoms. The summed E-state index contributed by atoms with van der Waals surface area (Å²) in [4.78, 5) is 24.7. The first-order valence-corrected chi connectivity index (χ1v) is 11.0. The SMILES string of the molecule is C=C(C)COc1ccc2c(C)c(CCC(=O)N[C@H](CO)CCSC)c(=O)oc2c1. The standard InChI is InChI=1S/C22H29NO5S/c1-14(2)13-27-17-5-6-18-15(3)19(22(26)28-20(18)11-17)7-8-21(25)23-16(12-24)9-10-29-4/h5-6,11,16,24H,1,7-10,12-13H2,2-4H3,(H,23,25)/t16-/m0/s1. The number of carbonyl (C=O) groups excluding carboxylic acids is 1. The minimum atomic E-state index is -0.444. The van der Waals surface area contributed by atoms with Gasteiger partial charge in [0.2, 0.25) is 5.91 Å². The zero-order valence-corrected chi connectivity index (χ0v) is 18.1. The molecule has 29 heavy (non-hydrogen) atoms. The highest BCUT2D eigenvalue weighted by molar-refractivity contribution is 7.98. The number of aliphatic hydroxyl groups is 1. The van der Waals surface area contributed by atoms with Crippen LogP contribution in [0.15, 0.2) is 39.6 Å². The second kappa shape index (κ2) is 11.1. The Bertz CT molecular complexity index is 921. The molecular formula is C22H29NO5S. The Morgan fingerprint density at radius 2 is 2.17 bits per heavy atom. The predicted molar refractivity (Wildman–Crippen MR) is 118 cm³/mol. The van der Waals surface area contributed by atoms with E-state index in [9.17, 15) is 14.7 Å². The molecule has 158 valence electrons. The molecule has 2 rings (SSSR count). The number of nitrogens with one attached hydrogen (secondary N) is 1. The number of amides is 1. The van der Waals surface area contributed by atoms with E-state index in [1.807, 2.05) is 32.2 Å². The van der Waals surface area contributed by atoms with Crippen molar-refractivity contribution in [1.29, 1.82) is 0 Å². The second-order valence-corrected chi connectivity index (χ2v) is 8.11. The maximum absolute atomic E-state index is 12.5. The Morgan fingerprint density at radius 1 is 1.41 bits per heavy atom. The van der Waals surface area contributed by atoms with Crippen LogP contribution in [0.5, 0.6) is 5.75 Å². The smallest absolute Gasteiger partial charge is 0.339 e. The van der Waals surface area contributed by atoms with Crippen molar-refractivity contribution in [3.8, 4) is 5.75 Å². The predicted octanol–water partition coefficient (Wildman–Crippen LogP) is 3.22. The Balaban J connectivity index is 2.11. The molecule has 0 fully saturated rings. The van der Waals surface area contributed by atoms with Crippen LogP contribution in [0.1, 0.15) is 30.9 Å². The molecule has 0 aliphatic rings. The molecule has 0 unspecified atom stereocenters. The average molecular weight is 420 g/mol. The molecule has 0 aliphatic carbocycles. The van der Waals surface area contributed by atoms with Crippen LogP contribution in [0.4, 0.5) is 0 Å². The summed E-state index contributed by atoms with van der Waals surface area (Å²) in [5.41, 5.74) is 2.20. The fraction of sp³-hybridized carbons (Fsp3) is 0.455. The molecule has 0 saturated carbocycles. The van der Waals surface area contributed by atoms with Crippen LogP contribution in [0.2, 0.25) is 0 Å². The van der Waals surface area contributed by atoms with Crippen molar-refractivity contribution in [1.82, 2.24) is 5.32 Å². The Morgan fingerprint density at radius 3 is 2.83 bits per heavy atom. The van der Waals surface area contributed by atoms with Crippen molar-refractivity contribution in [3.05, 3.63) is 51.9 Å². The molecule has 7 heteroatoms. The second-order valence-electron chi connectivity index (χ2n) is 7.13. The maximum Gasteiger partial charge on any atom is 0.339 e. The summed E-state index contributed by atoms with van der Waals surface area (Å²) in [6.07, 6.45) is 3.13. The summed E-state index contributed by atoms with van der Waals surface area (Å²) in [6, 6.07) is 5.11. The number of hydrogen-bond acceptors (Lipinski definition) is 6. The number of benzene rings is 1. The molecule has 2 N–H and O–H groups in total. The number of rotatable bonds is 11. The molecule has 0 radical (unpaired) electrons. The van der Waals surface area contributed by atoms with Gasteiger partial charge in [-0.15, -0.1) is 0 Å². The van der Waals surface area contributed by atoms with Crippen LogP contribution in [-0.4, -0.2) is 42.3 Å². The van der Waals surface area contributed by atoms with Crippen LogP contribution >= 0.6 is 11.8 Å². The van der Waals surface area contributed by atoms with Gasteiger partial charge in [0, 0.05) is 23.4 Å². The first-order valence-electron chi connectivity index (χ1n) is 9.58. The molecular weight excluding hydrogens is 390 g/mol. The van der Waals surface area contributed by atoms with E-state index in [0.717, 1.165) is 22.3 Å². The van der Waals surface area contributed by atoms with Gasteiger partial charge in [0.25, 0.3) is 0 Å². The van der Waals surface area contributed by atoms with Crippen molar-refractivity contribution in [2.45, 2.75) is 39.2 Å². The van der Waals surface area contributed by atoms with Gasteiger partial charge in [0.1, 0.15) is 17.9 Å². The van der Waals surface area contributed by atoms with E-state index in [4.69, 9.17) is 9.15 Å². The molecule has 2 aromatic rings. The van der Waals surface area contributed by atoms with Crippen LogP contribution in [-0.2, 0) is 11.2 Å². The summed E-state index contributed by atoms with van der Waals surface area (Å²) in [6.45, 7) is 7.83. The highest BCUT2D eigenvalue weighted by atomic mass is 32.2. The molecule has 0 aliphatic heterocycles. The zero-order valence-electron chi connectivity index (χ0n) is 17.2. The molecule has 1 aromatic carbocycles. The molecule has 1 amide bonds. The van der Waals surface area contributed by atoms with Gasteiger partial charge in [-0.1, -0.05) is 6.58 Å². The Hall–Kier alpha value is -2.25. The number of hydrogen-bond donors (Lipinski definition) is 2. The molecule has 0 saturated heterocycles. The van der Waals surface area contributed by atoms with Gasteiger partial charge in [-0.3, -0.25) is 4.79 Å². The lowest BCUT2D eigenvalue weighted by Crippen LogP contribution is -2.38. The van der Waals surface area contributed by atoms with Gasteiger partial charge in [-0.05, 0) is 62.0 Å². The third kappa shape index (κ3) is 6.65. The van der Waals surface area contributed by atoms with Crippen molar-refractivity contribution >= 4 is 28.6 Å². The summed E-state index contributed by atoms with van der Waals surface area (Å²) in [5.74, 6) is 1.28. The first kappa shape index (κ1) is 23.0. The topological polar surface area (TPSA) is 88.8 Å². The third-order valence-corrected chi connectivity index (χ3v) is 5.25. The quantitative estimate of drug-likeness (QED) is 0.429. The monoisotopic (exact) mass is 419 g/mol. The summed E-state index contributed by atoms with van der Waals surface area (Å²) in [7, 11) is 0. The third-order valence-electron chi connectivity index (χ3n) is 4.60. The molecule has 0 spiro atoms. The first-order chi connectivity index (χ1) is 13.8. The van der Waals surface area contributed by atoms with E-state index in [1.54, 1.807) is 17.8 Å². The summed E-state index contributed by atoms with van der Waals surface area (Å²) in [5, 5.41) is 13.0. The number of aryl methyl sites for hydroxylation is 1. The van der Waals surface area contributed by atoms with E-state index in [0.29, 0.717) is 29.9 Å². The van der Waals surface area contributed by atoms with E-state index < -0.39 is 5.63 Å². The van der Waals surface area contributed by atoms with Gasteiger partial charge in [0.15, 0.2) is 0 Å². The zero-order chi connectivity index (χ0) is 21.4. The van der Waals surface area contributed by atoms with Crippen LogP contribution in [0.3, 0.4) is 0 Å². The highest BCUT2D eigenvalue weighted by Gasteiger charge is 2.15. The number of ether oxygens (including phenoxy) is 1. The van der Waals surface area contributed by atoms with E-state index in [-0.39, 0.29) is 31.4 Å².